The second-order valence-corrected chi connectivity index (χ2v) is 8.51. The molecular formula is C21H31N5O2. The van der Waals surface area contributed by atoms with Crippen LogP contribution in [-0.4, -0.2) is 64.5 Å². The zero-order chi connectivity index (χ0) is 18.8. The van der Waals surface area contributed by atoms with E-state index in [1.165, 1.54) is 48.2 Å². The third-order valence-corrected chi connectivity index (χ3v) is 6.57. The van der Waals surface area contributed by atoms with Crippen molar-refractivity contribution in [1.29, 1.82) is 0 Å². The topological polar surface area (TPSA) is 70.4 Å². The predicted molar refractivity (Wildman–Crippen MR) is 105 cm³/mol. The third kappa shape index (κ3) is 3.88. The Morgan fingerprint density at radius 1 is 1.04 bits per heavy atom. The van der Waals surface area contributed by atoms with Crippen molar-refractivity contribution in [3.63, 3.8) is 0 Å². The van der Waals surface area contributed by atoms with Crippen molar-refractivity contribution in [2.24, 2.45) is 0 Å². The molecule has 2 aliphatic heterocycles. The fraction of sp³-hybridized carbons (Fsp3) is 0.714. The maximum Gasteiger partial charge on any atom is 0.140 e. The lowest BCUT2D eigenvalue weighted by Gasteiger charge is -2.33. The summed E-state index contributed by atoms with van der Waals surface area (Å²) in [6.45, 7) is 7.81. The average molecular weight is 386 g/mol. The first kappa shape index (κ1) is 18.3. The van der Waals surface area contributed by atoms with Gasteiger partial charge in [0.1, 0.15) is 11.5 Å². The van der Waals surface area contributed by atoms with Crippen molar-refractivity contribution >= 4 is 0 Å². The molecule has 2 fully saturated rings. The van der Waals surface area contributed by atoms with E-state index in [9.17, 15) is 0 Å². The summed E-state index contributed by atoms with van der Waals surface area (Å²) in [5.41, 5.74) is 5.25. The van der Waals surface area contributed by atoms with Crippen molar-refractivity contribution in [1.82, 2.24) is 25.2 Å². The van der Waals surface area contributed by atoms with Crippen LogP contribution in [0.15, 0.2) is 10.7 Å². The van der Waals surface area contributed by atoms with E-state index in [1.54, 1.807) is 0 Å². The number of piperidine rings is 1. The smallest absolute Gasteiger partial charge is 0.140 e. The van der Waals surface area contributed by atoms with E-state index in [0.29, 0.717) is 5.92 Å². The molecule has 0 radical (unpaired) electrons. The Bertz CT molecular complexity index is 780. The second-order valence-electron chi connectivity index (χ2n) is 8.51. The fourth-order valence-corrected chi connectivity index (χ4v) is 5.02. The highest BCUT2D eigenvalue weighted by Gasteiger charge is 2.28. The van der Waals surface area contributed by atoms with Crippen LogP contribution in [-0.2, 0) is 30.7 Å². The summed E-state index contributed by atoms with van der Waals surface area (Å²) >= 11 is 0. The van der Waals surface area contributed by atoms with Gasteiger partial charge in [0.05, 0.1) is 19.4 Å². The van der Waals surface area contributed by atoms with E-state index in [1.807, 2.05) is 6.20 Å². The van der Waals surface area contributed by atoms with Gasteiger partial charge in [-0.1, -0.05) is 5.16 Å². The average Bonchev–Trinajstić information content (AvgIpc) is 3.36. The molecule has 0 spiro atoms. The number of morpholine rings is 1. The number of rotatable bonds is 5. The largest absolute Gasteiger partial charge is 0.379 e. The van der Waals surface area contributed by atoms with Gasteiger partial charge in [0, 0.05) is 61.9 Å². The van der Waals surface area contributed by atoms with Crippen molar-refractivity contribution in [3.8, 4) is 0 Å². The highest BCUT2D eigenvalue weighted by Crippen LogP contribution is 2.31. The van der Waals surface area contributed by atoms with E-state index in [2.05, 4.69) is 25.2 Å². The van der Waals surface area contributed by atoms with Crippen LogP contribution >= 0.6 is 0 Å². The Hall–Kier alpha value is -1.70. The zero-order valence-corrected chi connectivity index (χ0v) is 16.7. The number of aromatic nitrogens is 3. The molecule has 1 atom stereocenters. The minimum atomic E-state index is 0.523. The minimum absolute atomic E-state index is 0.523. The van der Waals surface area contributed by atoms with Gasteiger partial charge < -0.3 is 9.26 Å². The molecule has 0 unspecified atom stereocenters. The molecule has 0 amide bonds. The van der Waals surface area contributed by atoms with Crippen LogP contribution in [0.2, 0.25) is 0 Å². The Labute approximate surface area is 166 Å². The van der Waals surface area contributed by atoms with Crippen LogP contribution < -0.4 is 0 Å². The van der Waals surface area contributed by atoms with Gasteiger partial charge in [-0.2, -0.15) is 5.10 Å². The summed E-state index contributed by atoms with van der Waals surface area (Å²) < 4.78 is 11.1. The van der Waals surface area contributed by atoms with E-state index in [-0.39, 0.29) is 0 Å². The molecule has 7 heteroatoms. The summed E-state index contributed by atoms with van der Waals surface area (Å²) in [5.74, 6) is 1.66. The summed E-state index contributed by atoms with van der Waals surface area (Å²) in [5, 5.41) is 12.1. The van der Waals surface area contributed by atoms with Gasteiger partial charge in [-0.15, -0.1) is 0 Å². The molecule has 0 bridgehead atoms. The van der Waals surface area contributed by atoms with E-state index >= 15 is 0 Å². The molecular weight excluding hydrogens is 354 g/mol. The maximum absolute atomic E-state index is 5.62. The normalized spacial score (nSPS) is 24.4. The number of aryl methyl sites for hydroxylation is 1. The molecule has 5 rings (SSSR count). The number of hydrogen-bond acceptors (Lipinski definition) is 6. The van der Waals surface area contributed by atoms with Crippen LogP contribution in [0, 0.1) is 0 Å². The van der Waals surface area contributed by atoms with Gasteiger partial charge in [0.15, 0.2) is 0 Å². The molecule has 0 aromatic carbocycles. The highest BCUT2D eigenvalue weighted by molar-refractivity contribution is 5.26. The molecule has 1 N–H and O–H groups in total. The van der Waals surface area contributed by atoms with Crippen LogP contribution in [0.4, 0.5) is 0 Å². The van der Waals surface area contributed by atoms with Gasteiger partial charge >= 0.3 is 0 Å². The monoisotopic (exact) mass is 385 g/mol. The number of H-pyrrole nitrogens is 1. The first-order valence-electron chi connectivity index (χ1n) is 10.9. The Balaban J connectivity index is 1.25. The van der Waals surface area contributed by atoms with Crippen LogP contribution in [0.25, 0.3) is 0 Å². The molecule has 3 aliphatic rings. The van der Waals surface area contributed by atoms with Crippen molar-refractivity contribution < 1.29 is 9.26 Å². The van der Waals surface area contributed by atoms with E-state index in [0.717, 1.165) is 71.1 Å². The van der Waals surface area contributed by atoms with Gasteiger partial charge in [0.25, 0.3) is 0 Å². The molecule has 7 nitrogen and oxygen atoms in total. The Morgan fingerprint density at radius 3 is 2.86 bits per heavy atom. The van der Waals surface area contributed by atoms with Crippen LogP contribution in [0.5, 0.6) is 0 Å². The first-order valence-corrected chi connectivity index (χ1v) is 10.9. The van der Waals surface area contributed by atoms with Crippen molar-refractivity contribution in [3.05, 3.63) is 34.5 Å². The molecule has 0 saturated carbocycles. The summed E-state index contributed by atoms with van der Waals surface area (Å²) in [6, 6.07) is 0. The quantitative estimate of drug-likeness (QED) is 0.853. The molecule has 4 heterocycles. The van der Waals surface area contributed by atoms with Crippen molar-refractivity contribution in [2.45, 2.75) is 57.5 Å². The van der Waals surface area contributed by atoms with E-state index < -0.39 is 0 Å². The number of hydrogen-bond donors (Lipinski definition) is 1. The predicted octanol–water partition coefficient (Wildman–Crippen LogP) is 2.49. The number of nitrogens with zero attached hydrogens (tertiary/aromatic N) is 4. The Morgan fingerprint density at radius 2 is 1.93 bits per heavy atom. The van der Waals surface area contributed by atoms with Crippen LogP contribution in [0.1, 0.15) is 59.9 Å². The van der Waals surface area contributed by atoms with Gasteiger partial charge in [-0.05, 0) is 38.6 Å². The summed E-state index contributed by atoms with van der Waals surface area (Å²) in [7, 11) is 0. The molecule has 152 valence electrons. The number of likely N-dealkylation sites (tertiary alicyclic amines) is 1. The molecule has 28 heavy (non-hydrogen) atoms. The standard InChI is InChI=1S/C21H31N5O2/c1-2-6-20-18(5-1)19(24-28-20)15-26-7-3-4-16(13-26)21-17(12-22-23-21)14-25-8-10-27-11-9-25/h12,16H,1-11,13-15H2,(H,22,23)/t16-/m0/s1. The SMILES string of the molecule is c1n[nH]c([C@H]2CCCN(Cc3noc4c3CCCC4)C2)c1CN1CCOCC1. The van der Waals surface area contributed by atoms with Gasteiger partial charge in [-0.25, -0.2) is 0 Å². The minimum Gasteiger partial charge on any atom is -0.379 e. The number of ether oxygens (including phenoxy) is 1. The Kier molecular flexibility index (Phi) is 5.47. The lowest BCUT2D eigenvalue weighted by Crippen LogP contribution is -2.37. The second kappa shape index (κ2) is 8.35. The highest BCUT2D eigenvalue weighted by atomic mass is 16.5. The van der Waals surface area contributed by atoms with Gasteiger partial charge in [-0.3, -0.25) is 14.9 Å². The third-order valence-electron chi connectivity index (χ3n) is 6.57. The lowest BCUT2D eigenvalue weighted by molar-refractivity contribution is 0.0339. The number of aromatic amines is 1. The summed E-state index contributed by atoms with van der Waals surface area (Å²) in [6.07, 6.45) is 9.17. The van der Waals surface area contributed by atoms with Crippen LogP contribution in [0.3, 0.4) is 0 Å². The molecule has 1 aliphatic carbocycles. The fourth-order valence-electron chi connectivity index (χ4n) is 5.02. The number of fused-ring (bicyclic) bond motifs is 1. The van der Waals surface area contributed by atoms with E-state index in [4.69, 9.17) is 9.26 Å². The first-order chi connectivity index (χ1) is 13.9. The molecule has 2 aromatic heterocycles. The number of nitrogens with one attached hydrogen (secondary N) is 1. The summed E-state index contributed by atoms with van der Waals surface area (Å²) in [4.78, 5) is 5.03. The van der Waals surface area contributed by atoms with Crippen molar-refractivity contribution in [2.75, 3.05) is 39.4 Å². The van der Waals surface area contributed by atoms with Gasteiger partial charge in [0.2, 0.25) is 0 Å². The molecule has 2 aromatic rings. The molecule has 2 saturated heterocycles. The maximum atomic E-state index is 5.62. The lowest BCUT2D eigenvalue weighted by atomic mass is 9.91. The zero-order valence-electron chi connectivity index (χ0n) is 16.7.